The molecule has 0 radical (unpaired) electrons. The highest BCUT2D eigenvalue weighted by Gasteiger charge is 2.40. The van der Waals surface area contributed by atoms with Gasteiger partial charge in [0.2, 0.25) is 0 Å². The van der Waals surface area contributed by atoms with E-state index in [4.69, 9.17) is 0 Å². The van der Waals surface area contributed by atoms with Gasteiger partial charge in [-0.05, 0) is 38.4 Å². The van der Waals surface area contributed by atoms with Crippen LogP contribution in [0.2, 0.25) is 0 Å². The van der Waals surface area contributed by atoms with Crippen LogP contribution in [-0.2, 0) is 0 Å². The lowest BCUT2D eigenvalue weighted by molar-refractivity contribution is -0.125. The van der Waals surface area contributed by atoms with Crippen molar-refractivity contribution in [2.24, 2.45) is 5.92 Å². The molecule has 0 aromatic heterocycles. The Balaban J connectivity index is 2.14. The highest BCUT2D eigenvalue weighted by atomic mass is 19.3. The van der Waals surface area contributed by atoms with Crippen LogP contribution < -0.4 is 10.6 Å². The molecular weight excluding hydrogens is 212 g/mol. The van der Waals surface area contributed by atoms with Crippen LogP contribution in [0.5, 0.6) is 0 Å². The van der Waals surface area contributed by atoms with Crippen molar-refractivity contribution in [2.75, 3.05) is 26.2 Å². The summed E-state index contributed by atoms with van der Waals surface area (Å²) in [5.41, 5.74) is 0. The van der Waals surface area contributed by atoms with Crippen molar-refractivity contribution in [3.05, 3.63) is 0 Å². The van der Waals surface area contributed by atoms with Crippen LogP contribution in [0.25, 0.3) is 0 Å². The number of hydrogen-bond acceptors (Lipinski definition) is 2. The second-order valence-corrected chi connectivity index (χ2v) is 3.89. The first kappa shape index (κ1) is 12.7. The third-order valence-corrected chi connectivity index (χ3v) is 2.57. The predicted octanol–water partition coefficient (Wildman–Crippen LogP) is 1.48. The molecule has 1 heterocycles. The Morgan fingerprint density at radius 3 is 2.40 bits per heavy atom. The molecule has 2 N–H and O–H groups in total. The number of nitrogens with one attached hydrogen (secondary N) is 2. The Labute approximate surface area is 86.4 Å². The highest BCUT2D eigenvalue weighted by molar-refractivity contribution is 4.75. The molecule has 2 nitrogen and oxygen atoms in total. The summed E-state index contributed by atoms with van der Waals surface area (Å²) in [5, 5.41) is 5.56. The van der Waals surface area contributed by atoms with Gasteiger partial charge in [-0.3, -0.25) is 0 Å². The van der Waals surface area contributed by atoms with Gasteiger partial charge in [0.25, 0.3) is 0 Å². The van der Waals surface area contributed by atoms with Crippen LogP contribution in [0.1, 0.15) is 12.8 Å². The molecule has 0 atom stereocenters. The molecule has 1 rings (SSSR count). The van der Waals surface area contributed by atoms with E-state index in [0.717, 1.165) is 25.9 Å². The fourth-order valence-corrected chi connectivity index (χ4v) is 1.61. The van der Waals surface area contributed by atoms with Crippen molar-refractivity contribution in [2.45, 2.75) is 25.2 Å². The Kier molecular flexibility index (Phi) is 4.79. The number of rotatable bonds is 5. The van der Waals surface area contributed by atoms with Crippen molar-refractivity contribution in [3.8, 4) is 0 Å². The third-order valence-electron chi connectivity index (χ3n) is 2.57. The zero-order chi connectivity index (χ0) is 11.3. The molecule has 15 heavy (non-hydrogen) atoms. The van der Waals surface area contributed by atoms with Crippen LogP contribution >= 0.6 is 0 Å². The van der Waals surface area contributed by atoms with Crippen LogP contribution in [0.15, 0.2) is 0 Å². The van der Waals surface area contributed by atoms with Gasteiger partial charge in [0, 0.05) is 0 Å². The largest absolute Gasteiger partial charge is 0.319 e. The molecule has 0 aromatic rings. The maximum atomic E-state index is 12.5. The normalized spacial score (nSPS) is 19.8. The van der Waals surface area contributed by atoms with E-state index in [-0.39, 0.29) is 0 Å². The van der Waals surface area contributed by atoms with Gasteiger partial charge >= 0.3 is 12.3 Å². The minimum Gasteiger partial charge on any atom is -0.317 e. The summed E-state index contributed by atoms with van der Waals surface area (Å²) >= 11 is 0. The second-order valence-electron chi connectivity index (χ2n) is 3.89. The lowest BCUT2D eigenvalue weighted by atomic mass is 9.98. The van der Waals surface area contributed by atoms with Gasteiger partial charge in [-0.15, -0.1) is 0 Å². The minimum atomic E-state index is -3.91. The highest BCUT2D eigenvalue weighted by Crippen LogP contribution is 2.21. The van der Waals surface area contributed by atoms with Crippen molar-refractivity contribution in [3.63, 3.8) is 0 Å². The number of halogens is 4. The summed E-state index contributed by atoms with van der Waals surface area (Å²) in [6.45, 7) is 1.20. The Hall–Kier alpha value is -0.360. The average molecular weight is 228 g/mol. The molecule has 90 valence electrons. The smallest absolute Gasteiger partial charge is 0.317 e. The van der Waals surface area contributed by atoms with Gasteiger partial charge in [-0.2, -0.15) is 8.78 Å². The first-order valence-electron chi connectivity index (χ1n) is 5.10. The van der Waals surface area contributed by atoms with Gasteiger partial charge in [0.1, 0.15) is 0 Å². The van der Waals surface area contributed by atoms with E-state index in [1.165, 1.54) is 0 Å². The summed E-state index contributed by atoms with van der Waals surface area (Å²) < 4.78 is 48.5. The molecule has 0 aliphatic carbocycles. The van der Waals surface area contributed by atoms with E-state index in [9.17, 15) is 17.6 Å². The summed E-state index contributed by atoms with van der Waals surface area (Å²) in [5.74, 6) is -3.59. The summed E-state index contributed by atoms with van der Waals surface area (Å²) in [4.78, 5) is 0. The SMILES string of the molecule is FC(F)C(F)(F)CNCC1CCNCC1. The molecule has 1 saturated heterocycles. The number of hydrogen-bond donors (Lipinski definition) is 2. The molecule has 1 aliphatic rings. The lowest BCUT2D eigenvalue weighted by Crippen LogP contribution is -2.42. The summed E-state index contributed by atoms with van der Waals surface area (Å²) in [6.07, 6.45) is -1.77. The maximum Gasteiger partial charge on any atom is 0.319 e. The first-order valence-corrected chi connectivity index (χ1v) is 5.10. The van der Waals surface area contributed by atoms with Gasteiger partial charge in [-0.1, -0.05) is 0 Å². The molecule has 0 amide bonds. The minimum absolute atomic E-state index is 0.319. The number of piperidine rings is 1. The van der Waals surface area contributed by atoms with Crippen molar-refractivity contribution < 1.29 is 17.6 Å². The van der Waals surface area contributed by atoms with Gasteiger partial charge < -0.3 is 10.6 Å². The topological polar surface area (TPSA) is 24.1 Å². The second kappa shape index (κ2) is 5.65. The molecule has 6 heteroatoms. The zero-order valence-electron chi connectivity index (χ0n) is 8.41. The summed E-state index contributed by atoms with van der Waals surface area (Å²) in [7, 11) is 0. The molecule has 1 aliphatic heterocycles. The number of alkyl halides is 4. The molecule has 0 spiro atoms. The molecule has 0 bridgehead atoms. The fraction of sp³-hybridized carbons (Fsp3) is 1.00. The predicted molar refractivity (Wildman–Crippen MR) is 49.4 cm³/mol. The van der Waals surface area contributed by atoms with E-state index < -0.39 is 18.9 Å². The van der Waals surface area contributed by atoms with E-state index in [1.54, 1.807) is 0 Å². The molecular formula is C9H16F4N2. The summed E-state index contributed by atoms with van der Waals surface area (Å²) in [6, 6.07) is 0. The quantitative estimate of drug-likeness (QED) is 0.696. The van der Waals surface area contributed by atoms with Crippen LogP contribution in [0, 0.1) is 5.92 Å². The van der Waals surface area contributed by atoms with E-state index in [2.05, 4.69) is 10.6 Å². The third kappa shape index (κ3) is 4.34. The Morgan fingerprint density at radius 1 is 1.27 bits per heavy atom. The van der Waals surface area contributed by atoms with Crippen molar-refractivity contribution in [1.82, 2.24) is 10.6 Å². The van der Waals surface area contributed by atoms with Gasteiger partial charge in [0.05, 0.1) is 6.54 Å². The van der Waals surface area contributed by atoms with Gasteiger partial charge in [0.15, 0.2) is 0 Å². The van der Waals surface area contributed by atoms with Crippen LogP contribution in [0.4, 0.5) is 17.6 Å². The van der Waals surface area contributed by atoms with Crippen LogP contribution in [-0.4, -0.2) is 38.5 Å². The van der Waals surface area contributed by atoms with Crippen molar-refractivity contribution >= 4 is 0 Å². The Morgan fingerprint density at radius 2 is 1.87 bits per heavy atom. The molecule has 0 saturated carbocycles. The van der Waals surface area contributed by atoms with Crippen molar-refractivity contribution in [1.29, 1.82) is 0 Å². The maximum absolute atomic E-state index is 12.5. The Bertz CT molecular complexity index is 181. The zero-order valence-corrected chi connectivity index (χ0v) is 8.41. The monoisotopic (exact) mass is 228 g/mol. The van der Waals surface area contributed by atoms with E-state index in [0.29, 0.717) is 12.5 Å². The fourth-order valence-electron chi connectivity index (χ4n) is 1.61. The first-order chi connectivity index (χ1) is 7.02. The van der Waals surface area contributed by atoms with Crippen LogP contribution in [0.3, 0.4) is 0 Å². The van der Waals surface area contributed by atoms with E-state index in [1.807, 2.05) is 0 Å². The molecule has 0 aromatic carbocycles. The average Bonchev–Trinajstić information content (AvgIpc) is 2.19. The lowest BCUT2D eigenvalue weighted by Gasteiger charge is -2.24. The van der Waals surface area contributed by atoms with E-state index >= 15 is 0 Å². The van der Waals surface area contributed by atoms with Gasteiger partial charge in [-0.25, -0.2) is 8.78 Å². The molecule has 1 fully saturated rings. The standard InChI is InChI=1S/C9H16F4N2/c10-8(11)9(12,13)6-15-5-7-1-3-14-4-2-7/h7-8,14-15H,1-6H2. The molecule has 0 unspecified atom stereocenters.